The Morgan fingerprint density at radius 3 is 2.28 bits per heavy atom. The van der Waals surface area contributed by atoms with Crippen LogP contribution in [-0.4, -0.2) is 34.1 Å². The normalized spacial score (nSPS) is 10.5. The Bertz CT molecular complexity index is 1180. The second kappa shape index (κ2) is 9.75. The molecular weight excluding hydrogens is 422 g/mol. The third-order valence-corrected chi connectivity index (χ3v) is 4.05. The van der Waals surface area contributed by atoms with Crippen LogP contribution in [0, 0.1) is 20.2 Å². The van der Waals surface area contributed by atoms with Crippen molar-refractivity contribution >= 4 is 23.5 Å². The van der Waals surface area contributed by atoms with Crippen LogP contribution in [0.25, 0.3) is 0 Å². The van der Waals surface area contributed by atoms with Crippen molar-refractivity contribution in [3.8, 4) is 17.4 Å². The van der Waals surface area contributed by atoms with Crippen molar-refractivity contribution in [2.75, 3.05) is 7.11 Å². The number of nitro benzene ring substituents is 1. The van der Waals surface area contributed by atoms with Gasteiger partial charge < -0.3 is 9.47 Å². The number of rotatable bonds is 8. The highest BCUT2D eigenvalue weighted by Gasteiger charge is 2.11. The van der Waals surface area contributed by atoms with E-state index in [9.17, 15) is 25.0 Å². The first-order chi connectivity index (χ1) is 15.4. The van der Waals surface area contributed by atoms with Crippen LogP contribution in [-0.2, 0) is 0 Å². The molecule has 3 aromatic rings. The van der Waals surface area contributed by atoms with Crippen molar-refractivity contribution in [3.05, 3.63) is 92.1 Å². The molecule has 0 saturated carbocycles. The van der Waals surface area contributed by atoms with E-state index < -0.39 is 15.8 Å². The molecule has 0 radical (unpaired) electrons. The molecule has 0 saturated heterocycles. The fourth-order valence-electron chi connectivity index (χ4n) is 2.47. The third kappa shape index (κ3) is 5.38. The van der Waals surface area contributed by atoms with Crippen molar-refractivity contribution in [2.24, 2.45) is 5.10 Å². The maximum absolute atomic E-state index is 12.1. The van der Waals surface area contributed by atoms with Gasteiger partial charge in [0.25, 0.3) is 17.3 Å². The van der Waals surface area contributed by atoms with Gasteiger partial charge in [-0.2, -0.15) is 5.10 Å². The molecule has 0 bridgehead atoms. The van der Waals surface area contributed by atoms with Gasteiger partial charge in [0.05, 0.1) is 23.2 Å². The van der Waals surface area contributed by atoms with Crippen molar-refractivity contribution in [1.29, 1.82) is 0 Å². The molecule has 0 aliphatic carbocycles. The lowest BCUT2D eigenvalue weighted by Gasteiger charge is -2.10. The Morgan fingerprint density at radius 2 is 1.69 bits per heavy atom. The monoisotopic (exact) mass is 437 g/mol. The Morgan fingerprint density at radius 1 is 1.00 bits per heavy atom. The molecule has 12 heteroatoms. The summed E-state index contributed by atoms with van der Waals surface area (Å²) in [6.07, 6.45) is 2.45. The van der Waals surface area contributed by atoms with Crippen LogP contribution in [0.15, 0.2) is 65.9 Å². The van der Waals surface area contributed by atoms with Crippen LogP contribution in [0.1, 0.15) is 15.9 Å². The highest BCUT2D eigenvalue weighted by Crippen LogP contribution is 2.31. The van der Waals surface area contributed by atoms with E-state index in [1.807, 2.05) is 0 Å². The maximum atomic E-state index is 12.1. The number of nitrogens with zero attached hydrogens (tertiary/aromatic N) is 4. The lowest BCUT2D eigenvalue weighted by molar-refractivity contribution is -0.385. The fourth-order valence-corrected chi connectivity index (χ4v) is 2.47. The lowest BCUT2D eigenvalue weighted by atomic mass is 10.2. The molecule has 12 nitrogen and oxygen atoms in total. The van der Waals surface area contributed by atoms with Gasteiger partial charge in [-0.15, -0.1) is 0 Å². The van der Waals surface area contributed by atoms with Crippen molar-refractivity contribution in [1.82, 2.24) is 10.4 Å². The van der Waals surface area contributed by atoms with Gasteiger partial charge in [-0.3, -0.25) is 25.0 Å². The summed E-state index contributed by atoms with van der Waals surface area (Å²) >= 11 is 0. The van der Waals surface area contributed by atoms with Gasteiger partial charge in [0.15, 0.2) is 11.5 Å². The van der Waals surface area contributed by atoms with Gasteiger partial charge in [0.1, 0.15) is 6.20 Å². The minimum Gasteiger partial charge on any atom is -0.493 e. The number of amides is 1. The summed E-state index contributed by atoms with van der Waals surface area (Å²) in [6.45, 7) is 0. The number of hydrogen-bond donors (Lipinski definition) is 1. The molecule has 1 aromatic heterocycles. The number of carbonyl (C=O) groups is 1. The van der Waals surface area contributed by atoms with Crippen LogP contribution in [0.4, 0.5) is 11.4 Å². The zero-order chi connectivity index (χ0) is 23.1. The number of aromatic nitrogens is 1. The molecule has 1 amide bonds. The molecule has 0 aliphatic rings. The maximum Gasteiger partial charge on any atom is 0.287 e. The van der Waals surface area contributed by atoms with E-state index >= 15 is 0 Å². The summed E-state index contributed by atoms with van der Waals surface area (Å²) < 4.78 is 10.9. The topological polar surface area (TPSA) is 159 Å². The standard InChI is InChI=1S/C20H15N5O7/c1-31-18-10-13(2-8-17(18)32-19-9-7-16(12-21-19)25(29)30)11-22-23-20(26)14-3-5-15(6-4-14)24(27)28/h2-12H,1H3,(H,23,26)/b22-11+. The molecule has 32 heavy (non-hydrogen) atoms. The average molecular weight is 437 g/mol. The van der Waals surface area contributed by atoms with Crippen LogP contribution in [0.2, 0.25) is 0 Å². The predicted octanol–water partition coefficient (Wildman–Crippen LogP) is 3.46. The quantitative estimate of drug-likeness (QED) is 0.318. The predicted molar refractivity (Wildman–Crippen MR) is 112 cm³/mol. The Hall–Kier alpha value is -4.87. The van der Waals surface area contributed by atoms with Crippen molar-refractivity contribution in [2.45, 2.75) is 0 Å². The van der Waals surface area contributed by atoms with E-state index in [-0.39, 0.29) is 22.8 Å². The van der Waals surface area contributed by atoms with E-state index in [4.69, 9.17) is 9.47 Å². The van der Waals surface area contributed by atoms with Gasteiger partial charge in [-0.05, 0) is 35.9 Å². The average Bonchev–Trinajstić information content (AvgIpc) is 2.80. The highest BCUT2D eigenvalue weighted by molar-refractivity contribution is 5.95. The first-order valence-electron chi connectivity index (χ1n) is 8.91. The van der Waals surface area contributed by atoms with E-state index in [0.29, 0.717) is 17.1 Å². The number of methoxy groups -OCH3 is 1. The summed E-state index contributed by atoms with van der Waals surface area (Å²) in [5.41, 5.74) is 2.83. The Balaban J connectivity index is 1.65. The molecule has 0 spiro atoms. The smallest absolute Gasteiger partial charge is 0.287 e. The lowest BCUT2D eigenvalue weighted by Crippen LogP contribution is -2.17. The third-order valence-electron chi connectivity index (χ3n) is 4.05. The summed E-state index contributed by atoms with van der Waals surface area (Å²) in [5, 5.41) is 25.2. The number of non-ortho nitro benzene ring substituents is 1. The molecular formula is C20H15N5O7. The molecule has 1 N–H and O–H groups in total. The number of pyridine rings is 1. The van der Waals surface area contributed by atoms with Gasteiger partial charge in [0, 0.05) is 29.8 Å². The molecule has 0 aliphatic heterocycles. The molecule has 2 aromatic carbocycles. The van der Waals surface area contributed by atoms with Crippen molar-refractivity contribution < 1.29 is 24.1 Å². The number of nitrogens with one attached hydrogen (secondary N) is 1. The minimum absolute atomic E-state index is 0.122. The molecule has 3 rings (SSSR count). The summed E-state index contributed by atoms with van der Waals surface area (Å²) in [4.78, 5) is 36.2. The first-order valence-corrected chi connectivity index (χ1v) is 8.91. The number of benzene rings is 2. The van der Waals surface area contributed by atoms with E-state index in [1.54, 1.807) is 18.2 Å². The van der Waals surface area contributed by atoms with Gasteiger partial charge in [-0.25, -0.2) is 10.4 Å². The largest absolute Gasteiger partial charge is 0.493 e. The van der Waals surface area contributed by atoms with Crippen LogP contribution in [0.5, 0.6) is 17.4 Å². The number of carbonyl (C=O) groups excluding carboxylic acids is 1. The van der Waals surface area contributed by atoms with Gasteiger partial charge >= 0.3 is 0 Å². The van der Waals surface area contributed by atoms with Gasteiger partial charge in [0.2, 0.25) is 5.88 Å². The second-order valence-corrected chi connectivity index (χ2v) is 6.13. The fraction of sp³-hybridized carbons (Fsp3) is 0.0500. The number of hydrogen-bond acceptors (Lipinski definition) is 9. The molecule has 0 unspecified atom stereocenters. The molecule has 0 fully saturated rings. The Kier molecular flexibility index (Phi) is 6.65. The van der Waals surface area contributed by atoms with Crippen molar-refractivity contribution in [3.63, 3.8) is 0 Å². The van der Waals surface area contributed by atoms with E-state index in [1.165, 1.54) is 49.7 Å². The molecule has 0 atom stereocenters. The summed E-state index contributed by atoms with van der Waals surface area (Å²) in [6, 6.07) is 12.6. The summed E-state index contributed by atoms with van der Waals surface area (Å²) in [5.74, 6) is 0.273. The zero-order valence-electron chi connectivity index (χ0n) is 16.5. The minimum atomic E-state index is -0.564. The van der Waals surface area contributed by atoms with E-state index in [0.717, 1.165) is 6.20 Å². The zero-order valence-corrected chi connectivity index (χ0v) is 16.5. The number of hydrazone groups is 1. The van der Waals surface area contributed by atoms with Crippen LogP contribution >= 0.6 is 0 Å². The Labute approximate surface area is 180 Å². The second-order valence-electron chi connectivity index (χ2n) is 6.13. The van der Waals surface area contributed by atoms with Gasteiger partial charge in [-0.1, -0.05) is 0 Å². The first kappa shape index (κ1) is 21.8. The summed E-state index contributed by atoms with van der Waals surface area (Å²) in [7, 11) is 1.43. The van der Waals surface area contributed by atoms with Crippen LogP contribution < -0.4 is 14.9 Å². The van der Waals surface area contributed by atoms with E-state index in [2.05, 4.69) is 15.5 Å². The number of nitro groups is 2. The SMILES string of the molecule is COc1cc(/C=N/NC(=O)c2ccc([N+](=O)[O-])cc2)ccc1Oc1ccc([N+](=O)[O-])cn1. The molecule has 1 heterocycles. The number of ether oxygens (including phenoxy) is 2. The molecule has 162 valence electrons. The highest BCUT2D eigenvalue weighted by atomic mass is 16.6. The van der Waals surface area contributed by atoms with Crippen LogP contribution in [0.3, 0.4) is 0 Å².